The summed E-state index contributed by atoms with van der Waals surface area (Å²) in [6, 6.07) is 14.7. The second-order valence-electron chi connectivity index (χ2n) is 6.95. The van der Waals surface area contributed by atoms with Crippen LogP contribution in [0.1, 0.15) is 29.5 Å². The molecule has 4 nitrogen and oxygen atoms in total. The van der Waals surface area contributed by atoms with Gasteiger partial charge in [-0.3, -0.25) is 5.10 Å². The van der Waals surface area contributed by atoms with Crippen molar-refractivity contribution in [2.75, 3.05) is 0 Å². The molecule has 0 bridgehead atoms. The molecule has 2 aromatic carbocycles. The van der Waals surface area contributed by atoms with Crippen LogP contribution in [-0.2, 0) is 19.3 Å². The van der Waals surface area contributed by atoms with Crippen LogP contribution in [0.2, 0.25) is 0 Å². The van der Waals surface area contributed by atoms with Crippen LogP contribution in [0.25, 0.3) is 33.1 Å². The number of benzene rings is 2. The molecule has 4 aromatic rings. The molecule has 2 heterocycles. The molecule has 0 radical (unpaired) electrons. The van der Waals surface area contributed by atoms with Crippen molar-refractivity contribution in [3.05, 3.63) is 59.3 Å². The lowest BCUT2D eigenvalue weighted by Gasteiger charge is -2.22. The second-order valence-corrected chi connectivity index (χ2v) is 6.95. The molecule has 0 saturated carbocycles. The van der Waals surface area contributed by atoms with Gasteiger partial charge in [0.25, 0.3) is 0 Å². The van der Waals surface area contributed by atoms with E-state index in [-0.39, 0.29) is 0 Å². The SMILES string of the molecule is N#CCc1ccc(-c2nc3ccc4[nH]ncc4c3c3c2CCCC3)cc1. The Morgan fingerprint density at radius 1 is 1.00 bits per heavy atom. The largest absolute Gasteiger partial charge is 0.278 e. The highest BCUT2D eigenvalue weighted by atomic mass is 15.1. The molecule has 126 valence electrons. The number of pyridine rings is 1. The molecule has 0 unspecified atom stereocenters. The average Bonchev–Trinajstić information content (AvgIpc) is 3.17. The lowest BCUT2D eigenvalue weighted by Crippen LogP contribution is -2.07. The molecule has 0 spiro atoms. The van der Waals surface area contributed by atoms with E-state index in [0.29, 0.717) is 6.42 Å². The number of H-pyrrole nitrogens is 1. The van der Waals surface area contributed by atoms with Crippen molar-refractivity contribution in [3.63, 3.8) is 0 Å². The van der Waals surface area contributed by atoms with Gasteiger partial charge < -0.3 is 0 Å². The van der Waals surface area contributed by atoms with Crippen molar-refractivity contribution in [1.82, 2.24) is 15.2 Å². The third-order valence-electron chi connectivity index (χ3n) is 5.40. The first-order valence-corrected chi connectivity index (χ1v) is 9.09. The standard InChI is InChI=1S/C22H18N4/c23-12-11-14-5-7-15(8-6-14)22-17-4-2-1-3-16(17)21-18-13-24-26-19(18)9-10-20(21)25-22/h5-10,13H,1-4,11H2,(H,24,26). The Kier molecular flexibility index (Phi) is 3.46. The summed E-state index contributed by atoms with van der Waals surface area (Å²) in [5.74, 6) is 0. The van der Waals surface area contributed by atoms with E-state index in [2.05, 4.69) is 40.5 Å². The fourth-order valence-electron chi connectivity index (χ4n) is 4.16. The molecule has 1 aliphatic carbocycles. The molecule has 5 rings (SSSR count). The van der Waals surface area contributed by atoms with Gasteiger partial charge in [0.2, 0.25) is 0 Å². The average molecular weight is 338 g/mol. The normalized spacial score (nSPS) is 13.7. The number of hydrogen-bond donors (Lipinski definition) is 1. The molecule has 0 atom stereocenters. The summed E-state index contributed by atoms with van der Waals surface area (Å²) in [7, 11) is 0. The summed E-state index contributed by atoms with van der Waals surface area (Å²) in [4.78, 5) is 5.06. The van der Waals surface area contributed by atoms with E-state index in [0.717, 1.165) is 40.7 Å². The van der Waals surface area contributed by atoms with Gasteiger partial charge in [-0.25, -0.2) is 4.98 Å². The third-order valence-corrected chi connectivity index (χ3v) is 5.40. The molecule has 0 amide bonds. The summed E-state index contributed by atoms with van der Waals surface area (Å²) in [5.41, 5.74) is 8.20. The number of nitriles is 1. The number of aromatic amines is 1. The first-order valence-electron chi connectivity index (χ1n) is 9.09. The predicted molar refractivity (Wildman–Crippen MR) is 103 cm³/mol. The number of aryl methyl sites for hydroxylation is 1. The highest BCUT2D eigenvalue weighted by Gasteiger charge is 2.21. The van der Waals surface area contributed by atoms with Gasteiger partial charge in [0, 0.05) is 16.3 Å². The van der Waals surface area contributed by atoms with Gasteiger partial charge in [0.1, 0.15) is 0 Å². The minimum absolute atomic E-state index is 0.446. The van der Waals surface area contributed by atoms with Crippen molar-refractivity contribution >= 4 is 21.8 Å². The van der Waals surface area contributed by atoms with Crippen LogP contribution in [-0.4, -0.2) is 15.2 Å². The van der Waals surface area contributed by atoms with Crippen LogP contribution < -0.4 is 0 Å². The van der Waals surface area contributed by atoms with Crippen molar-refractivity contribution in [1.29, 1.82) is 5.26 Å². The molecule has 4 heteroatoms. The molecule has 1 N–H and O–H groups in total. The first kappa shape index (κ1) is 15.1. The Labute approximate surface area is 151 Å². The molecule has 1 aliphatic rings. The fourth-order valence-corrected chi connectivity index (χ4v) is 4.16. The topological polar surface area (TPSA) is 65.4 Å². The summed E-state index contributed by atoms with van der Waals surface area (Å²) in [5, 5.41) is 18.6. The fraction of sp³-hybridized carbons (Fsp3) is 0.227. The maximum atomic E-state index is 8.88. The monoisotopic (exact) mass is 338 g/mol. The zero-order chi connectivity index (χ0) is 17.5. The van der Waals surface area contributed by atoms with Crippen LogP contribution in [0.15, 0.2) is 42.6 Å². The van der Waals surface area contributed by atoms with Crippen LogP contribution in [0.4, 0.5) is 0 Å². The second kappa shape index (κ2) is 5.96. The van der Waals surface area contributed by atoms with E-state index in [9.17, 15) is 0 Å². The van der Waals surface area contributed by atoms with Crippen LogP contribution in [0, 0.1) is 11.3 Å². The Morgan fingerprint density at radius 3 is 2.62 bits per heavy atom. The van der Waals surface area contributed by atoms with Crippen LogP contribution >= 0.6 is 0 Å². The number of nitrogens with zero attached hydrogens (tertiary/aromatic N) is 3. The van der Waals surface area contributed by atoms with Crippen LogP contribution in [0.5, 0.6) is 0 Å². The van der Waals surface area contributed by atoms with E-state index < -0.39 is 0 Å². The maximum Gasteiger partial charge on any atom is 0.0744 e. The molecule has 0 fully saturated rings. The predicted octanol–water partition coefficient (Wildman–Crippen LogP) is 4.72. The number of aromatic nitrogens is 3. The Hall–Kier alpha value is -3.19. The van der Waals surface area contributed by atoms with Crippen molar-refractivity contribution < 1.29 is 0 Å². The summed E-state index contributed by atoms with van der Waals surface area (Å²) in [6.07, 6.45) is 6.97. The molecule has 0 aliphatic heterocycles. The lowest BCUT2D eigenvalue weighted by molar-refractivity contribution is 0.689. The van der Waals surface area contributed by atoms with Gasteiger partial charge in [0.05, 0.1) is 35.4 Å². The highest BCUT2D eigenvalue weighted by Crippen LogP contribution is 2.37. The molecular weight excluding hydrogens is 320 g/mol. The van der Waals surface area contributed by atoms with Crippen LogP contribution in [0.3, 0.4) is 0 Å². The molecular formula is C22H18N4. The smallest absolute Gasteiger partial charge is 0.0744 e. The highest BCUT2D eigenvalue weighted by molar-refractivity contribution is 6.07. The molecule has 2 aromatic heterocycles. The van der Waals surface area contributed by atoms with E-state index >= 15 is 0 Å². The van der Waals surface area contributed by atoms with E-state index in [4.69, 9.17) is 10.2 Å². The molecule has 26 heavy (non-hydrogen) atoms. The summed E-state index contributed by atoms with van der Waals surface area (Å²) >= 11 is 0. The number of hydrogen-bond acceptors (Lipinski definition) is 3. The van der Waals surface area contributed by atoms with Crippen molar-refractivity contribution in [2.45, 2.75) is 32.1 Å². The van der Waals surface area contributed by atoms with Crippen molar-refractivity contribution in [2.24, 2.45) is 0 Å². The number of fused-ring (bicyclic) bond motifs is 5. The Bertz CT molecular complexity index is 1160. The summed E-state index contributed by atoms with van der Waals surface area (Å²) in [6.45, 7) is 0. The number of rotatable bonds is 2. The Balaban J connectivity index is 1.78. The zero-order valence-electron chi connectivity index (χ0n) is 14.4. The van der Waals surface area contributed by atoms with Gasteiger partial charge >= 0.3 is 0 Å². The van der Waals surface area contributed by atoms with Crippen molar-refractivity contribution in [3.8, 4) is 17.3 Å². The first-order chi connectivity index (χ1) is 12.8. The van der Waals surface area contributed by atoms with Gasteiger partial charge in [0.15, 0.2) is 0 Å². The minimum Gasteiger partial charge on any atom is -0.278 e. The van der Waals surface area contributed by atoms with E-state index in [1.54, 1.807) is 0 Å². The zero-order valence-corrected chi connectivity index (χ0v) is 14.4. The van der Waals surface area contributed by atoms with E-state index in [1.165, 1.54) is 34.7 Å². The number of nitrogens with one attached hydrogen (secondary N) is 1. The lowest BCUT2D eigenvalue weighted by atomic mass is 9.85. The Morgan fingerprint density at radius 2 is 1.81 bits per heavy atom. The summed E-state index contributed by atoms with van der Waals surface area (Å²) < 4.78 is 0. The van der Waals surface area contributed by atoms with Gasteiger partial charge in [-0.05, 0) is 54.5 Å². The van der Waals surface area contributed by atoms with Gasteiger partial charge in [-0.2, -0.15) is 10.4 Å². The third kappa shape index (κ3) is 2.28. The minimum atomic E-state index is 0.446. The maximum absolute atomic E-state index is 8.88. The van der Waals surface area contributed by atoms with E-state index in [1.807, 2.05) is 18.3 Å². The van der Waals surface area contributed by atoms with Gasteiger partial charge in [-0.15, -0.1) is 0 Å². The molecule has 0 saturated heterocycles. The quantitative estimate of drug-likeness (QED) is 0.575. The van der Waals surface area contributed by atoms with Gasteiger partial charge in [-0.1, -0.05) is 24.3 Å².